The number of hydrogen-bond donors (Lipinski definition) is 0. The average Bonchev–Trinajstić information content (AvgIpc) is 2.47. The highest BCUT2D eigenvalue weighted by Gasteiger charge is 2.12. The molecule has 0 N–H and O–H groups in total. The maximum Gasteiger partial charge on any atom is 0.119 e. The van der Waals surface area contributed by atoms with E-state index >= 15 is 0 Å². The third kappa shape index (κ3) is 4.41. The number of hydrogen-bond acceptors (Lipinski definition) is 1. The molecule has 1 aliphatic rings. The molecular formula is C18H26O. The maximum atomic E-state index is 5.47. The van der Waals surface area contributed by atoms with Gasteiger partial charge in [-0.2, -0.15) is 0 Å². The van der Waals surface area contributed by atoms with E-state index in [4.69, 9.17) is 4.74 Å². The summed E-state index contributed by atoms with van der Waals surface area (Å²) >= 11 is 0. The first-order chi connectivity index (χ1) is 9.31. The van der Waals surface area contributed by atoms with Gasteiger partial charge < -0.3 is 4.74 Å². The van der Waals surface area contributed by atoms with Gasteiger partial charge >= 0.3 is 0 Å². The molecule has 1 aliphatic carbocycles. The number of ether oxygens (including phenoxy) is 1. The smallest absolute Gasteiger partial charge is 0.119 e. The summed E-state index contributed by atoms with van der Waals surface area (Å²) < 4.78 is 5.47. The minimum Gasteiger partial charge on any atom is -0.494 e. The van der Waals surface area contributed by atoms with E-state index in [2.05, 4.69) is 37.3 Å². The zero-order valence-electron chi connectivity index (χ0n) is 12.3. The van der Waals surface area contributed by atoms with Crippen LogP contribution in [0.5, 0.6) is 5.75 Å². The van der Waals surface area contributed by atoms with Gasteiger partial charge in [0.15, 0.2) is 0 Å². The topological polar surface area (TPSA) is 9.23 Å². The quantitative estimate of drug-likeness (QED) is 0.641. The number of aryl methyl sites for hydroxylation is 1. The van der Waals surface area contributed by atoms with Crippen LogP contribution in [0.2, 0.25) is 0 Å². The van der Waals surface area contributed by atoms with E-state index in [1.807, 2.05) is 6.92 Å². The van der Waals surface area contributed by atoms with Crippen molar-refractivity contribution in [1.82, 2.24) is 0 Å². The molecule has 19 heavy (non-hydrogen) atoms. The molecule has 1 nitrogen and oxygen atoms in total. The van der Waals surface area contributed by atoms with Crippen LogP contribution in [-0.4, -0.2) is 6.61 Å². The van der Waals surface area contributed by atoms with Crippen molar-refractivity contribution in [2.24, 2.45) is 5.92 Å². The molecule has 1 heteroatoms. The highest BCUT2D eigenvalue weighted by atomic mass is 16.5. The van der Waals surface area contributed by atoms with E-state index in [-0.39, 0.29) is 0 Å². The first-order valence-corrected chi connectivity index (χ1v) is 7.71. The molecule has 0 aliphatic heterocycles. The van der Waals surface area contributed by atoms with Crippen LogP contribution in [0.15, 0.2) is 35.9 Å². The molecule has 0 spiro atoms. The van der Waals surface area contributed by atoms with Gasteiger partial charge in [-0.3, -0.25) is 0 Å². The fourth-order valence-electron chi connectivity index (χ4n) is 2.76. The Balaban J connectivity index is 1.80. The molecule has 0 saturated carbocycles. The molecule has 2 rings (SSSR count). The lowest BCUT2D eigenvalue weighted by atomic mass is 9.86. The van der Waals surface area contributed by atoms with Crippen molar-refractivity contribution >= 4 is 0 Å². The minimum absolute atomic E-state index is 0.741. The van der Waals surface area contributed by atoms with Crippen molar-refractivity contribution in [3.8, 4) is 5.75 Å². The third-order valence-electron chi connectivity index (χ3n) is 4.16. The summed E-state index contributed by atoms with van der Waals surface area (Å²) in [6.45, 7) is 5.07. The van der Waals surface area contributed by atoms with E-state index in [1.165, 1.54) is 37.7 Å². The zero-order chi connectivity index (χ0) is 13.5. The van der Waals surface area contributed by atoms with Crippen molar-refractivity contribution in [3.63, 3.8) is 0 Å². The van der Waals surface area contributed by atoms with E-state index in [0.717, 1.165) is 24.7 Å². The first kappa shape index (κ1) is 14.2. The second-order valence-corrected chi connectivity index (χ2v) is 5.49. The molecule has 0 radical (unpaired) electrons. The molecule has 1 unspecified atom stereocenters. The molecule has 0 bridgehead atoms. The summed E-state index contributed by atoms with van der Waals surface area (Å²) in [4.78, 5) is 0. The van der Waals surface area contributed by atoms with Crippen LogP contribution < -0.4 is 4.74 Å². The van der Waals surface area contributed by atoms with E-state index in [1.54, 1.807) is 5.57 Å². The Kier molecular flexibility index (Phi) is 5.50. The molecule has 0 fully saturated rings. The highest BCUT2D eigenvalue weighted by Crippen LogP contribution is 2.28. The Hall–Kier alpha value is -1.24. The Morgan fingerprint density at radius 1 is 1.11 bits per heavy atom. The number of benzene rings is 1. The Bertz CT molecular complexity index is 402. The van der Waals surface area contributed by atoms with Gasteiger partial charge in [0.05, 0.1) is 6.61 Å². The predicted octanol–water partition coefficient (Wildman–Crippen LogP) is 5.15. The van der Waals surface area contributed by atoms with Crippen LogP contribution in [0.25, 0.3) is 0 Å². The van der Waals surface area contributed by atoms with Gasteiger partial charge in [0.25, 0.3) is 0 Å². The first-order valence-electron chi connectivity index (χ1n) is 7.71. The lowest BCUT2D eigenvalue weighted by Crippen LogP contribution is -2.05. The van der Waals surface area contributed by atoms with Crippen molar-refractivity contribution in [3.05, 3.63) is 41.5 Å². The summed E-state index contributed by atoms with van der Waals surface area (Å²) in [5.41, 5.74) is 3.08. The molecule has 1 aromatic rings. The minimum atomic E-state index is 0.741. The second kappa shape index (κ2) is 7.37. The van der Waals surface area contributed by atoms with Crippen molar-refractivity contribution in [2.45, 2.75) is 52.4 Å². The van der Waals surface area contributed by atoms with Crippen LogP contribution in [0, 0.1) is 5.92 Å². The van der Waals surface area contributed by atoms with Gasteiger partial charge in [-0.05, 0) is 62.6 Å². The molecular weight excluding hydrogens is 232 g/mol. The van der Waals surface area contributed by atoms with Gasteiger partial charge in [0.1, 0.15) is 5.75 Å². The fourth-order valence-corrected chi connectivity index (χ4v) is 2.76. The van der Waals surface area contributed by atoms with Crippen LogP contribution in [-0.2, 0) is 6.42 Å². The lowest BCUT2D eigenvalue weighted by Gasteiger charge is -2.20. The van der Waals surface area contributed by atoms with E-state index in [9.17, 15) is 0 Å². The Morgan fingerprint density at radius 2 is 1.89 bits per heavy atom. The van der Waals surface area contributed by atoms with Crippen molar-refractivity contribution in [1.29, 1.82) is 0 Å². The molecule has 1 aromatic carbocycles. The summed E-state index contributed by atoms with van der Waals surface area (Å²) in [5.74, 6) is 1.92. The molecule has 104 valence electrons. The molecule has 0 saturated heterocycles. The van der Waals surface area contributed by atoms with Gasteiger partial charge in [0.2, 0.25) is 0 Å². The molecule has 0 heterocycles. The summed E-state index contributed by atoms with van der Waals surface area (Å²) in [5, 5.41) is 0. The Morgan fingerprint density at radius 3 is 2.47 bits per heavy atom. The largest absolute Gasteiger partial charge is 0.494 e. The van der Waals surface area contributed by atoms with Crippen LogP contribution in [0.3, 0.4) is 0 Å². The van der Waals surface area contributed by atoms with Crippen LogP contribution in [0.1, 0.15) is 51.5 Å². The fraction of sp³-hybridized carbons (Fsp3) is 0.556. The summed E-state index contributed by atoms with van der Waals surface area (Å²) in [6.07, 6.45) is 10.2. The van der Waals surface area contributed by atoms with Gasteiger partial charge in [-0.1, -0.05) is 37.1 Å². The summed E-state index contributed by atoms with van der Waals surface area (Å²) in [6, 6.07) is 8.56. The highest BCUT2D eigenvalue weighted by molar-refractivity contribution is 5.28. The van der Waals surface area contributed by atoms with E-state index < -0.39 is 0 Å². The SMILES string of the molecule is CCOc1ccc(CCC2=CCC(CC)CC2)cc1. The van der Waals surface area contributed by atoms with Gasteiger partial charge in [-0.15, -0.1) is 0 Å². The average molecular weight is 258 g/mol. The van der Waals surface area contributed by atoms with Crippen molar-refractivity contribution in [2.75, 3.05) is 6.61 Å². The van der Waals surface area contributed by atoms with E-state index in [0.29, 0.717) is 0 Å². The van der Waals surface area contributed by atoms with Crippen molar-refractivity contribution < 1.29 is 4.74 Å². The normalized spacial score (nSPS) is 19.1. The van der Waals surface area contributed by atoms with Gasteiger partial charge in [0, 0.05) is 0 Å². The van der Waals surface area contributed by atoms with Gasteiger partial charge in [-0.25, -0.2) is 0 Å². The maximum absolute atomic E-state index is 5.47. The monoisotopic (exact) mass is 258 g/mol. The summed E-state index contributed by atoms with van der Waals surface area (Å²) in [7, 11) is 0. The number of allylic oxidation sites excluding steroid dienone is 2. The third-order valence-corrected chi connectivity index (χ3v) is 4.16. The predicted molar refractivity (Wildman–Crippen MR) is 81.6 cm³/mol. The zero-order valence-corrected chi connectivity index (χ0v) is 12.3. The second-order valence-electron chi connectivity index (χ2n) is 5.49. The van der Waals surface area contributed by atoms with Crippen LogP contribution >= 0.6 is 0 Å². The molecule has 0 aromatic heterocycles. The molecule has 1 atom stereocenters. The lowest BCUT2D eigenvalue weighted by molar-refractivity contribution is 0.340. The standard InChI is InChI=1S/C18H26O/c1-3-15-5-7-16(8-6-15)9-10-17-11-13-18(14-12-17)19-4-2/h7,11-15H,3-6,8-10H2,1-2H3. The number of rotatable bonds is 6. The molecule has 0 amide bonds. The van der Waals surface area contributed by atoms with Crippen LogP contribution in [0.4, 0.5) is 0 Å². The Labute approximate surface area is 117 Å².